The van der Waals surface area contributed by atoms with Crippen LogP contribution >= 0.6 is 0 Å². The average molecular weight is 197 g/mol. The Morgan fingerprint density at radius 2 is 1.36 bits per heavy atom. The fraction of sp³-hybridized carbons (Fsp3) is 0.500. The first-order chi connectivity index (χ1) is 3.73. The first-order valence-corrected chi connectivity index (χ1v) is 2.93. The van der Waals surface area contributed by atoms with Gasteiger partial charge in [0.05, 0.1) is 0 Å². The Labute approximate surface area is 80.1 Å². The molecule has 9 heteroatoms. The minimum Gasteiger partial charge on any atom is -0.759 e. The molecule has 0 aliphatic rings. The number of rotatable bonds is 0. The van der Waals surface area contributed by atoms with Crippen molar-refractivity contribution < 1.29 is 27.4 Å². The van der Waals surface area contributed by atoms with Gasteiger partial charge in [-0.3, -0.25) is 13.2 Å². The Morgan fingerprint density at radius 1 is 1.36 bits per heavy atom. The summed E-state index contributed by atoms with van der Waals surface area (Å²) in [5.74, 6) is -0.833. The fourth-order valence-corrected chi connectivity index (χ4v) is 0. The largest absolute Gasteiger partial charge is 2.00 e. The molecule has 0 aromatic rings. The quantitative estimate of drug-likeness (QED) is 0.273. The van der Waals surface area contributed by atoms with E-state index in [4.69, 9.17) is 27.4 Å². The summed E-state index contributed by atoms with van der Waals surface area (Å²) in [6.45, 7) is 1.08. The van der Waals surface area contributed by atoms with Gasteiger partial charge in [0, 0.05) is 17.3 Å². The van der Waals surface area contributed by atoms with Crippen molar-refractivity contribution in [1.29, 1.82) is 0 Å². The molecule has 0 heterocycles. The standard InChI is InChI=1S/C2H4O2.Mg.H3N.H2O4S/c1-2(3)4;;;1-5(2,3)4/h1H3,(H,3,4);;1H3;(H2,1,2,3,4)/q;+2;;/p-2. The van der Waals surface area contributed by atoms with Crippen LogP contribution in [0.25, 0.3) is 0 Å². The van der Waals surface area contributed by atoms with Gasteiger partial charge in [-0.25, -0.2) is 0 Å². The molecule has 0 spiro atoms. The molecule has 4 N–H and O–H groups in total. The van der Waals surface area contributed by atoms with Gasteiger partial charge in [0.15, 0.2) is 0 Å². The van der Waals surface area contributed by atoms with E-state index in [-0.39, 0.29) is 29.2 Å². The molecular formula is C2H7MgNO6S. The van der Waals surface area contributed by atoms with Crippen LogP contribution < -0.4 is 6.15 Å². The summed E-state index contributed by atoms with van der Waals surface area (Å²) in [5.41, 5.74) is 0. The third-order valence-corrected chi connectivity index (χ3v) is 0. The second-order valence-corrected chi connectivity index (χ2v) is 1.74. The Balaban J connectivity index is -0.0000000383. The molecule has 0 aromatic heterocycles. The van der Waals surface area contributed by atoms with Crippen LogP contribution in [0.3, 0.4) is 0 Å². The van der Waals surface area contributed by atoms with Crippen LogP contribution in [0.15, 0.2) is 0 Å². The molecule has 11 heavy (non-hydrogen) atoms. The Hall–Kier alpha value is 0.0662. The number of aliphatic carboxylic acids is 1. The molecule has 0 atom stereocenters. The van der Waals surface area contributed by atoms with Crippen molar-refractivity contribution in [2.24, 2.45) is 0 Å². The van der Waals surface area contributed by atoms with Crippen LogP contribution in [0.4, 0.5) is 0 Å². The molecule has 0 aromatic carbocycles. The van der Waals surface area contributed by atoms with Crippen LogP contribution in [0, 0.1) is 0 Å². The number of carbonyl (C=O) groups is 1. The molecule has 0 fully saturated rings. The van der Waals surface area contributed by atoms with Crippen molar-refractivity contribution in [2.75, 3.05) is 0 Å². The summed E-state index contributed by atoms with van der Waals surface area (Å²) in [7, 11) is -5.17. The minimum atomic E-state index is -5.17. The Morgan fingerprint density at radius 3 is 1.36 bits per heavy atom. The summed E-state index contributed by atoms with van der Waals surface area (Å²) in [6, 6.07) is 0. The van der Waals surface area contributed by atoms with Crippen molar-refractivity contribution in [3.05, 3.63) is 0 Å². The van der Waals surface area contributed by atoms with Crippen LogP contribution in [0.1, 0.15) is 6.92 Å². The van der Waals surface area contributed by atoms with Gasteiger partial charge in [-0.2, -0.15) is 0 Å². The molecule has 64 valence electrons. The summed E-state index contributed by atoms with van der Waals surface area (Å²) >= 11 is 0. The van der Waals surface area contributed by atoms with Gasteiger partial charge >= 0.3 is 23.1 Å². The molecule has 0 amide bonds. The van der Waals surface area contributed by atoms with Crippen LogP contribution in [0.5, 0.6) is 0 Å². The average Bonchev–Trinajstić information content (AvgIpc) is 1.19. The number of carboxylic acids is 1. The second kappa shape index (κ2) is 10.1. The molecule has 0 saturated heterocycles. The molecule has 0 aliphatic heterocycles. The molecule has 0 saturated carbocycles. The molecule has 0 bridgehead atoms. The van der Waals surface area contributed by atoms with Gasteiger partial charge in [-0.15, -0.1) is 0 Å². The zero-order valence-electron chi connectivity index (χ0n) is 5.81. The summed E-state index contributed by atoms with van der Waals surface area (Å²) in [4.78, 5) is 9.00. The zero-order chi connectivity index (χ0) is 8.08. The first kappa shape index (κ1) is 22.5. The first-order valence-electron chi connectivity index (χ1n) is 1.59. The Kier molecular flexibility index (Phi) is 20.6. The van der Waals surface area contributed by atoms with Crippen LogP contribution in [-0.2, 0) is 15.2 Å². The molecular weight excluding hydrogens is 190 g/mol. The van der Waals surface area contributed by atoms with Crippen LogP contribution in [-0.4, -0.2) is 51.7 Å². The smallest absolute Gasteiger partial charge is 0.759 e. The fourth-order valence-electron chi connectivity index (χ4n) is 0. The third kappa shape index (κ3) is 149000. The summed E-state index contributed by atoms with van der Waals surface area (Å²) in [6.07, 6.45) is 0. The van der Waals surface area contributed by atoms with Crippen molar-refractivity contribution in [3.63, 3.8) is 0 Å². The number of hydrogen-bond acceptors (Lipinski definition) is 6. The van der Waals surface area contributed by atoms with E-state index in [0.29, 0.717) is 0 Å². The molecule has 0 aliphatic carbocycles. The molecule has 0 rings (SSSR count). The van der Waals surface area contributed by atoms with Crippen molar-refractivity contribution in [3.8, 4) is 0 Å². The number of hydrogen-bond donors (Lipinski definition) is 2. The maximum atomic E-state index is 9.00. The molecule has 0 unspecified atom stereocenters. The topological polar surface area (TPSA) is 153 Å². The van der Waals surface area contributed by atoms with E-state index in [1.807, 2.05) is 0 Å². The molecule has 7 nitrogen and oxygen atoms in total. The SMILES string of the molecule is CC(=O)O.N.O=S(=O)([O-])[O-].[Mg+2]. The summed E-state index contributed by atoms with van der Waals surface area (Å²) < 4.78 is 34.1. The van der Waals surface area contributed by atoms with E-state index in [9.17, 15) is 0 Å². The summed E-state index contributed by atoms with van der Waals surface area (Å²) in [5, 5.41) is 7.42. The van der Waals surface area contributed by atoms with Gasteiger partial charge in [0.2, 0.25) is 0 Å². The van der Waals surface area contributed by atoms with Crippen molar-refractivity contribution in [2.45, 2.75) is 6.92 Å². The number of carboxylic acid groups (broad SMARTS) is 1. The van der Waals surface area contributed by atoms with Gasteiger partial charge in [0.1, 0.15) is 0 Å². The monoisotopic (exact) mass is 197 g/mol. The van der Waals surface area contributed by atoms with E-state index in [1.54, 1.807) is 0 Å². The predicted octanol–water partition coefficient (Wildman–Crippen LogP) is -1.47. The normalized spacial score (nSPS) is 7.55. The van der Waals surface area contributed by atoms with E-state index in [0.717, 1.165) is 6.92 Å². The zero-order valence-corrected chi connectivity index (χ0v) is 8.04. The van der Waals surface area contributed by atoms with Gasteiger partial charge < -0.3 is 20.4 Å². The van der Waals surface area contributed by atoms with Gasteiger partial charge in [0.25, 0.3) is 5.97 Å². The second-order valence-electron chi connectivity index (χ2n) is 0.927. The Bertz CT molecular complexity index is 163. The van der Waals surface area contributed by atoms with Gasteiger partial charge in [-0.1, -0.05) is 0 Å². The third-order valence-electron chi connectivity index (χ3n) is 0. The van der Waals surface area contributed by atoms with E-state index < -0.39 is 16.4 Å². The van der Waals surface area contributed by atoms with E-state index in [2.05, 4.69) is 0 Å². The van der Waals surface area contributed by atoms with Crippen molar-refractivity contribution >= 4 is 39.4 Å². The molecule has 0 radical (unpaired) electrons. The minimum absolute atomic E-state index is 0. The van der Waals surface area contributed by atoms with Crippen LogP contribution in [0.2, 0.25) is 0 Å². The maximum Gasteiger partial charge on any atom is 2.00 e. The van der Waals surface area contributed by atoms with E-state index in [1.165, 1.54) is 0 Å². The maximum absolute atomic E-state index is 9.00. The van der Waals surface area contributed by atoms with E-state index >= 15 is 0 Å². The van der Waals surface area contributed by atoms with Gasteiger partial charge in [-0.05, 0) is 0 Å². The van der Waals surface area contributed by atoms with Crippen molar-refractivity contribution in [1.82, 2.24) is 6.15 Å². The predicted molar refractivity (Wildman–Crippen MR) is 34.6 cm³/mol.